The third kappa shape index (κ3) is 4.19. The number of amides is 2. The van der Waals surface area contributed by atoms with Crippen molar-refractivity contribution in [2.24, 2.45) is 0 Å². The molecule has 136 valence electrons. The van der Waals surface area contributed by atoms with Crippen molar-refractivity contribution in [3.05, 3.63) is 52.7 Å². The lowest BCUT2D eigenvalue weighted by atomic mass is 10.1. The van der Waals surface area contributed by atoms with Gasteiger partial charge in [0.05, 0.1) is 16.1 Å². The van der Waals surface area contributed by atoms with E-state index in [9.17, 15) is 9.59 Å². The second-order valence-electron chi connectivity index (χ2n) is 6.06. The minimum atomic E-state index is -0.263. The van der Waals surface area contributed by atoms with E-state index in [1.54, 1.807) is 36.5 Å². The van der Waals surface area contributed by atoms with Crippen LogP contribution < -0.4 is 5.32 Å². The third-order valence-electron chi connectivity index (χ3n) is 4.31. The Morgan fingerprint density at radius 1 is 1.15 bits per heavy atom. The number of likely N-dealkylation sites (tertiary alicyclic amines) is 1. The van der Waals surface area contributed by atoms with Crippen LogP contribution in [0.3, 0.4) is 0 Å². The van der Waals surface area contributed by atoms with E-state index in [1.165, 1.54) is 11.8 Å². The third-order valence-corrected chi connectivity index (χ3v) is 5.35. The first-order valence-corrected chi connectivity index (χ1v) is 10.1. The maximum Gasteiger partial charge on any atom is 0.258 e. The highest BCUT2D eigenvalue weighted by Crippen LogP contribution is 2.25. The molecule has 0 unspecified atom stereocenters. The average Bonchev–Trinajstić information content (AvgIpc) is 2.69. The van der Waals surface area contributed by atoms with E-state index in [4.69, 9.17) is 11.6 Å². The Kier molecular flexibility index (Phi) is 6.16. The minimum absolute atomic E-state index is 0.0861. The van der Waals surface area contributed by atoms with Gasteiger partial charge in [0, 0.05) is 25.0 Å². The first kappa shape index (κ1) is 18.7. The first-order valence-electron chi connectivity index (χ1n) is 8.49. The smallest absolute Gasteiger partial charge is 0.258 e. The van der Waals surface area contributed by atoms with Crippen molar-refractivity contribution >= 4 is 40.9 Å². The van der Waals surface area contributed by atoms with Gasteiger partial charge in [-0.3, -0.25) is 9.59 Å². The molecule has 1 fully saturated rings. The summed E-state index contributed by atoms with van der Waals surface area (Å²) in [5.41, 5.74) is 1.46. The summed E-state index contributed by atoms with van der Waals surface area (Å²) in [7, 11) is 0. The molecule has 0 bridgehead atoms. The number of hydrogen-bond acceptors (Lipinski definition) is 4. The lowest BCUT2D eigenvalue weighted by Gasteiger charge is -2.27. The van der Waals surface area contributed by atoms with Crippen LogP contribution in [0.15, 0.2) is 41.6 Å². The molecule has 1 aromatic carbocycles. The number of piperidine rings is 1. The Hall–Kier alpha value is -2.05. The Labute approximate surface area is 162 Å². The Morgan fingerprint density at radius 2 is 1.92 bits per heavy atom. The van der Waals surface area contributed by atoms with Gasteiger partial charge in [0.1, 0.15) is 5.03 Å². The molecule has 26 heavy (non-hydrogen) atoms. The fourth-order valence-corrected chi connectivity index (χ4v) is 3.70. The lowest BCUT2D eigenvalue weighted by molar-refractivity contribution is 0.0724. The number of halogens is 1. The molecule has 7 heteroatoms. The van der Waals surface area contributed by atoms with Crippen LogP contribution in [0, 0.1) is 0 Å². The fraction of sp³-hybridized carbons (Fsp3) is 0.316. The summed E-state index contributed by atoms with van der Waals surface area (Å²) in [6.07, 6.45) is 6.70. The highest BCUT2D eigenvalue weighted by atomic mass is 35.5. The van der Waals surface area contributed by atoms with Crippen LogP contribution in [0.4, 0.5) is 5.69 Å². The highest BCUT2D eigenvalue weighted by Gasteiger charge is 2.21. The van der Waals surface area contributed by atoms with E-state index < -0.39 is 0 Å². The molecule has 1 aliphatic heterocycles. The van der Waals surface area contributed by atoms with E-state index in [1.807, 2.05) is 11.2 Å². The SMILES string of the molecule is CSc1ncccc1C(=O)Nc1ccc(Cl)c(C(=O)N2CCCCC2)c1. The van der Waals surface area contributed by atoms with E-state index in [2.05, 4.69) is 10.3 Å². The topological polar surface area (TPSA) is 62.3 Å². The molecule has 0 aliphatic carbocycles. The first-order chi connectivity index (χ1) is 12.6. The van der Waals surface area contributed by atoms with Gasteiger partial charge >= 0.3 is 0 Å². The van der Waals surface area contributed by atoms with Gasteiger partial charge in [-0.2, -0.15) is 0 Å². The molecule has 0 saturated carbocycles. The molecule has 0 radical (unpaired) electrons. The molecule has 3 rings (SSSR count). The van der Waals surface area contributed by atoms with Crippen molar-refractivity contribution in [1.82, 2.24) is 9.88 Å². The van der Waals surface area contributed by atoms with Gasteiger partial charge in [-0.25, -0.2) is 4.98 Å². The molecule has 5 nitrogen and oxygen atoms in total. The van der Waals surface area contributed by atoms with E-state index >= 15 is 0 Å². The van der Waals surface area contributed by atoms with Gasteiger partial charge < -0.3 is 10.2 Å². The summed E-state index contributed by atoms with van der Waals surface area (Å²) in [6, 6.07) is 8.44. The van der Waals surface area contributed by atoms with Crippen molar-refractivity contribution < 1.29 is 9.59 Å². The molecule has 1 saturated heterocycles. The number of carbonyl (C=O) groups is 2. The zero-order chi connectivity index (χ0) is 18.5. The molecule has 0 atom stereocenters. The predicted octanol–water partition coefficient (Wildman–Crippen LogP) is 4.34. The largest absolute Gasteiger partial charge is 0.339 e. The number of benzene rings is 1. The summed E-state index contributed by atoms with van der Waals surface area (Å²) >= 11 is 7.65. The Bertz CT molecular complexity index is 822. The summed E-state index contributed by atoms with van der Waals surface area (Å²) in [4.78, 5) is 31.3. The van der Waals surface area contributed by atoms with Crippen LogP contribution in [0.25, 0.3) is 0 Å². The van der Waals surface area contributed by atoms with Crippen molar-refractivity contribution in [1.29, 1.82) is 0 Å². The van der Waals surface area contributed by atoms with E-state index in [-0.39, 0.29) is 11.8 Å². The summed E-state index contributed by atoms with van der Waals surface area (Å²) in [5.74, 6) is -0.349. The quantitative estimate of drug-likeness (QED) is 0.790. The predicted molar refractivity (Wildman–Crippen MR) is 105 cm³/mol. The van der Waals surface area contributed by atoms with Gasteiger partial charge in [0.2, 0.25) is 0 Å². The van der Waals surface area contributed by atoms with Crippen molar-refractivity contribution in [2.75, 3.05) is 24.7 Å². The van der Waals surface area contributed by atoms with Crippen molar-refractivity contribution in [2.45, 2.75) is 24.3 Å². The highest BCUT2D eigenvalue weighted by molar-refractivity contribution is 7.98. The monoisotopic (exact) mass is 389 g/mol. The molecule has 2 aromatic rings. The molecule has 1 N–H and O–H groups in total. The Balaban J connectivity index is 1.81. The number of thioether (sulfide) groups is 1. The van der Waals surface area contributed by atoms with Gasteiger partial charge in [0.15, 0.2) is 0 Å². The van der Waals surface area contributed by atoms with Crippen LogP contribution in [-0.4, -0.2) is 41.0 Å². The minimum Gasteiger partial charge on any atom is -0.339 e. The zero-order valence-electron chi connectivity index (χ0n) is 14.5. The number of hydrogen-bond donors (Lipinski definition) is 1. The summed E-state index contributed by atoms with van der Waals surface area (Å²) < 4.78 is 0. The number of nitrogens with zero attached hydrogens (tertiary/aromatic N) is 2. The van der Waals surface area contributed by atoms with Crippen LogP contribution >= 0.6 is 23.4 Å². The van der Waals surface area contributed by atoms with E-state index in [0.29, 0.717) is 26.9 Å². The average molecular weight is 390 g/mol. The molecule has 1 aromatic heterocycles. The van der Waals surface area contributed by atoms with Gasteiger partial charge in [0.25, 0.3) is 11.8 Å². The van der Waals surface area contributed by atoms with Gasteiger partial charge in [-0.05, 0) is 55.9 Å². The van der Waals surface area contributed by atoms with Gasteiger partial charge in [-0.1, -0.05) is 11.6 Å². The number of rotatable bonds is 4. The lowest BCUT2D eigenvalue weighted by Crippen LogP contribution is -2.35. The number of aromatic nitrogens is 1. The molecule has 1 aliphatic rings. The maximum atomic E-state index is 12.7. The van der Waals surface area contributed by atoms with Crippen molar-refractivity contribution in [3.8, 4) is 0 Å². The van der Waals surface area contributed by atoms with Crippen molar-refractivity contribution in [3.63, 3.8) is 0 Å². The molecular weight excluding hydrogens is 370 g/mol. The molecule has 2 amide bonds. The molecule has 0 spiro atoms. The van der Waals surface area contributed by atoms with Crippen LogP contribution in [0.1, 0.15) is 40.0 Å². The second-order valence-corrected chi connectivity index (χ2v) is 7.26. The number of nitrogens with one attached hydrogen (secondary N) is 1. The van der Waals surface area contributed by atoms with Crippen LogP contribution in [-0.2, 0) is 0 Å². The number of anilines is 1. The fourth-order valence-electron chi connectivity index (χ4n) is 2.96. The van der Waals surface area contributed by atoms with Gasteiger partial charge in [-0.15, -0.1) is 11.8 Å². The van der Waals surface area contributed by atoms with E-state index in [0.717, 1.165) is 32.4 Å². The maximum absolute atomic E-state index is 12.7. The summed E-state index contributed by atoms with van der Waals surface area (Å²) in [5, 5.41) is 3.89. The standard InChI is InChI=1S/C19H20ClN3O2S/c1-26-18-14(6-5-9-21-18)17(24)22-13-7-8-16(20)15(12-13)19(25)23-10-3-2-4-11-23/h5-9,12H,2-4,10-11H2,1H3,(H,22,24). The number of pyridine rings is 1. The Morgan fingerprint density at radius 3 is 2.65 bits per heavy atom. The number of carbonyl (C=O) groups excluding carboxylic acids is 2. The second kappa shape index (κ2) is 8.56. The molecular formula is C19H20ClN3O2S. The van der Waals surface area contributed by atoms with Crippen LogP contribution in [0.5, 0.6) is 0 Å². The van der Waals surface area contributed by atoms with Crippen LogP contribution in [0.2, 0.25) is 5.02 Å². The summed E-state index contributed by atoms with van der Waals surface area (Å²) in [6.45, 7) is 1.50. The zero-order valence-corrected chi connectivity index (χ0v) is 16.1. The molecule has 2 heterocycles. The normalized spacial score (nSPS) is 14.2.